The summed E-state index contributed by atoms with van der Waals surface area (Å²) in [7, 11) is -2.99. The van der Waals surface area contributed by atoms with Gasteiger partial charge in [-0.05, 0) is 30.3 Å². The lowest BCUT2D eigenvalue weighted by Gasteiger charge is -2.11. The summed E-state index contributed by atoms with van der Waals surface area (Å²) in [6.45, 7) is 0. The van der Waals surface area contributed by atoms with Crippen LogP contribution in [0.15, 0.2) is 47.4 Å². The predicted octanol–water partition coefficient (Wildman–Crippen LogP) is 3.07. The van der Waals surface area contributed by atoms with E-state index in [0.717, 1.165) is 12.1 Å². The van der Waals surface area contributed by atoms with Crippen molar-refractivity contribution >= 4 is 33.3 Å². The zero-order chi connectivity index (χ0) is 16.3. The summed E-state index contributed by atoms with van der Waals surface area (Å²) in [5.41, 5.74) is -0.206. The summed E-state index contributed by atoms with van der Waals surface area (Å²) in [6.07, 6.45) is 0. The van der Waals surface area contributed by atoms with Crippen LogP contribution in [0, 0.1) is 5.82 Å². The second kappa shape index (κ2) is 6.33. The molecule has 0 atom stereocenters. The van der Waals surface area contributed by atoms with Crippen molar-refractivity contribution in [3.8, 4) is 0 Å². The Kier molecular flexibility index (Phi) is 4.68. The molecular formula is C14H11ClFNO4S. The number of sulfonamides is 1. The summed E-state index contributed by atoms with van der Waals surface area (Å²) in [6, 6.07) is 8.94. The van der Waals surface area contributed by atoms with Crippen LogP contribution in [-0.2, 0) is 14.8 Å². The number of nitrogens with one attached hydrogen (secondary N) is 1. The second-order valence-electron chi connectivity index (χ2n) is 4.22. The first-order valence-electron chi connectivity index (χ1n) is 6.00. The molecule has 0 unspecified atom stereocenters. The molecule has 1 N–H and O–H groups in total. The van der Waals surface area contributed by atoms with Crippen LogP contribution in [0.3, 0.4) is 0 Å². The zero-order valence-corrected chi connectivity index (χ0v) is 12.9. The highest BCUT2D eigenvalue weighted by atomic mass is 35.5. The topological polar surface area (TPSA) is 72.5 Å². The molecule has 0 saturated heterocycles. The smallest absolute Gasteiger partial charge is 0.337 e. The van der Waals surface area contributed by atoms with E-state index in [2.05, 4.69) is 9.46 Å². The average molecular weight is 344 g/mol. The zero-order valence-electron chi connectivity index (χ0n) is 11.3. The van der Waals surface area contributed by atoms with Crippen molar-refractivity contribution in [3.63, 3.8) is 0 Å². The molecule has 2 rings (SSSR count). The van der Waals surface area contributed by atoms with E-state index in [-0.39, 0.29) is 21.2 Å². The van der Waals surface area contributed by atoms with Gasteiger partial charge in [-0.1, -0.05) is 23.7 Å². The third-order valence-corrected chi connectivity index (χ3v) is 4.61. The van der Waals surface area contributed by atoms with E-state index in [1.54, 1.807) is 0 Å². The van der Waals surface area contributed by atoms with Crippen LogP contribution >= 0.6 is 11.6 Å². The van der Waals surface area contributed by atoms with Gasteiger partial charge in [0.25, 0.3) is 10.0 Å². The standard InChI is InChI=1S/C14H11ClFNO4S/c1-21-14(18)9-6-7-10(15)13(8-9)22(19,20)17-12-5-3-2-4-11(12)16/h2-8,17H,1H3. The molecule has 2 aromatic carbocycles. The van der Waals surface area contributed by atoms with E-state index in [1.807, 2.05) is 0 Å². The minimum absolute atomic E-state index is 0.0146. The lowest BCUT2D eigenvalue weighted by atomic mass is 10.2. The first kappa shape index (κ1) is 16.3. The fraction of sp³-hybridized carbons (Fsp3) is 0.0714. The first-order valence-corrected chi connectivity index (χ1v) is 7.86. The molecule has 0 spiro atoms. The molecule has 2 aromatic rings. The lowest BCUT2D eigenvalue weighted by molar-refractivity contribution is 0.0600. The van der Waals surface area contributed by atoms with Gasteiger partial charge in [0.15, 0.2) is 0 Å². The van der Waals surface area contributed by atoms with Crippen LogP contribution in [0.4, 0.5) is 10.1 Å². The van der Waals surface area contributed by atoms with Crippen LogP contribution in [0.25, 0.3) is 0 Å². The maximum atomic E-state index is 13.6. The highest BCUT2D eigenvalue weighted by Gasteiger charge is 2.21. The highest BCUT2D eigenvalue weighted by Crippen LogP contribution is 2.26. The monoisotopic (exact) mass is 343 g/mol. The first-order chi connectivity index (χ1) is 10.3. The minimum atomic E-state index is -4.16. The molecule has 0 radical (unpaired) electrons. The molecule has 0 heterocycles. The number of rotatable bonds is 4. The molecule has 0 bridgehead atoms. The molecule has 116 valence electrons. The van der Waals surface area contributed by atoms with Gasteiger partial charge >= 0.3 is 5.97 Å². The Labute approximate surface area is 131 Å². The van der Waals surface area contributed by atoms with Gasteiger partial charge in [-0.3, -0.25) is 4.72 Å². The second-order valence-corrected chi connectivity index (χ2v) is 6.28. The quantitative estimate of drug-likeness (QED) is 0.866. The molecule has 0 aliphatic heterocycles. The van der Waals surface area contributed by atoms with Crippen molar-refractivity contribution < 1.29 is 22.3 Å². The fourth-order valence-electron chi connectivity index (χ4n) is 1.70. The van der Waals surface area contributed by atoms with Crippen LogP contribution in [-0.4, -0.2) is 21.5 Å². The van der Waals surface area contributed by atoms with Crippen LogP contribution in [0.5, 0.6) is 0 Å². The Morgan fingerprint density at radius 2 is 1.91 bits per heavy atom. The van der Waals surface area contributed by atoms with Gasteiger partial charge in [-0.25, -0.2) is 17.6 Å². The normalized spacial score (nSPS) is 11.0. The van der Waals surface area contributed by atoms with Crippen molar-refractivity contribution in [1.82, 2.24) is 0 Å². The molecule has 8 heteroatoms. The number of halogens is 2. The van der Waals surface area contributed by atoms with Gasteiger partial charge in [0.2, 0.25) is 0 Å². The summed E-state index contributed by atoms with van der Waals surface area (Å²) in [5.74, 6) is -1.44. The third-order valence-electron chi connectivity index (χ3n) is 2.76. The van der Waals surface area contributed by atoms with Crippen LogP contribution in [0.1, 0.15) is 10.4 Å². The van der Waals surface area contributed by atoms with Gasteiger partial charge in [-0.15, -0.1) is 0 Å². The van der Waals surface area contributed by atoms with E-state index < -0.39 is 21.8 Å². The van der Waals surface area contributed by atoms with E-state index in [4.69, 9.17) is 11.6 Å². The van der Waals surface area contributed by atoms with Crippen molar-refractivity contribution in [2.75, 3.05) is 11.8 Å². The maximum Gasteiger partial charge on any atom is 0.337 e. The maximum absolute atomic E-state index is 13.6. The summed E-state index contributed by atoms with van der Waals surface area (Å²) < 4.78 is 44.8. The summed E-state index contributed by atoms with van der Waals surface area (Å²) in [5, 5.41) is -0.100. The number of hydrogen-bond acceptors (Lipinski definition) is 4. The van der Waals surface area contributed by atoms with E-state index in [1.165, 1.54) is 37.4 Å². The number of anilines is 1. The average Bonchev–Trinajstić information content (AvgIpc) is 2.49. The van der Waals surface area contributed by atoms with Gasteiger partial charge in [0.1, 0.15) is 10.7 Å². The molecular weight excluding hydrogens is 333 g/mol. The molecule has 0 aromatic heterocycles. The number of esters is 1. The minimum Gasteiger partial charge on any atom is -0.465 e. The van der Waals surface area contributed by atoms with Gasteiger partial charge < -0.3 is 4.74 Å². The number of methoxy groups -OCH3 is 1. The predicted molar refractivity (Wildman–Crippen MR) is 80.0 cm³/mol. The number of benzene rings is 2. The van der Waals surface area contributed by atoms with Gasteiger partial charge in [0, 0.05) is 0 Å². The third kappa shape index (κ3) is 3.37. The SMILES string of the molecule is COC(=O)c1ccc(Cl)c(S(=O)(=O)Nc2ccccc2F)c1. The summed E-state index contributed by atoms with van der Waals surface area (Å²) >= 11 is 5.87. The number of hydrogen-bond donors (Lipinski definition) is 1. The molecule has 5 nitrogen and oxygen atoms in total. The van der Waals surface area contributed by atoms with Crippen LogP contribution in [0.2, 0.25) is 5.02 Å². The van der Waals surface area contributed by atoms with Crippen molar-refractivity contribution in [2.24, 2.45) is 0 Å². The number of ether oxygens (including phenoxy) is 1. The molecule has 22 heavy (non-hydrogen) atoms. The molecule has 0 aliphatic rings. The van der Waals surface area contributed by atoms with E-state index in [0.29, 0.717) is 0 Å². The number of carbonyl (C=O) groups is 1. The Bertz CT molecular complexity index is 823. The number of carbonyl (C=O) groups excluding carboxylic acids is 1. The lowest BCUT2D eigenvalue weighted by Crippen LogP contribution is -2.15. The molecule has 0 amide bonds. The Morgan fingerprint density at radius 3 is 2.55 bits per heavy atom. The molecule has 0 saturated carbocycles. The van der Waals surface area contributed by atoms with E-state index >= 15 is 0 Å². The van der Waals surface area contributed by atoms with Crippen molar-refractivity contribution in [3.05, 3.63) is 58.9 Å². The Morgan fingerprint density at radius 1 is 1.23 bits per heavy atom. The Hall–Kier alpha value is -2.12. The Balaban J connectivity index is 2.45. The summed E-state index contributed by atoms with van der Waals surface area (Å²) in [4.78, 5) is 11.1. The van der Waals surface area contributed by atoms with Gasteiger partial charge in [0.05, 0.1) is 23.4 Å². The number of para-hydroxylation sites is 1. The van der Waals surface area contributed by atoms with Gasteiger partial charge in [-0.2, -0.15) is 0 Å². The largest absolute Gasteiger partial charge is 0.465 e. The highest BCUT2D eigenvalue weighted by molar-refractivity contribution is 7.92. The van der Waals surface area contributed by atoms with Crippen LogP contribution < -0.4 is 4.72 Å². The molecule has 0 fully saturated rings. The van der Waals surface area contributed by atoms with E-state index in [9.17, 15) is 17.6 Å². The van der Waals surface area contributed by atoms with Crippen molar-refractivity contribution in [2.45, 2.75) is 4.90 Å². The van der Waals surface area contributed by atoms with Crippen molar-refractivity contribution in [1.29, 1.82) is 0 Å². The fourth-order valence-corrected chi connectivity index (χ4v) is 3.29. The molecule has 0 aliphatic carbocycles.